The molecule has 7 heteroatoms. The van der Waals surface area contributed by atoms with Crippen molar-refractivity contribution in [3.63, 3.8) is 0 Å². The highest BCUT2D eigenvalue weighted by Crippen LogP contribution is 2.45. The molecule has 1 amide bonds. The van der Waals surface area contributed by atoms with Gasteiger partial charge in [0.1, 0.15) is 5.82 Å². The molecule has 0 saturated carbocycles. The predicted molar refractivity (Wildman–Crippen MR) is 111 cm³/mol. The highest BCUT2D eigenvalue weighted by atomic mass is 35.5. The molecule has 0 saturated heterocycles. The Labute approximate surface area is 170 Å². The van der Waals surface area contributed by atoms with Crippen LogP contribution in [0.2, 0.25) is 0 Å². The number of hydrogen-bond donors (Lipinski definition) is 1. The summed E-state index contributed by atoms with van der Waals surface area (Å²) in [6.45, 7) is 7.59. The molecule has 2 unspecified atom stereocenters. The van der Waals surface area contributed by atoms with E-state index < -0.39 is 0 Å². The molecule has 146 valence electrons. The lowest BCUT2D eigenvalue weighted by molar-refractivity contribution is -0.128. The van der Waals surface area contributed by atoms with Gasteiger partial charge in [0.25, 0.3) is 5.91 Å². The minimum Gasteiger partial charge on any atom is -0.344 e. The van der Waals surface area contributed by atoms with Gasteiger partial charge in [0, 0.05) is 35.8 Å². The monoisotopic (exact) mass is 408 g/mol. The van der Waals surface area contributed by atoms with Crippen LogP contribution in [0.5, 0.6) is 0 Å². The molecule has 0 bridgehead atoms. The molecule has 1 aliphatic carbocycles. The Balaban J connectivity index is 2.07. The fourth-order valence-electron chi connectivity index (χ4n) is 3.87. The summed E-state index contributed by atoms with van der Waals surface area (Å²) in [6, 6.07) is 1.62. The molecule has 27 heavy (non-hydrogen) atoms. The van der Waals surface area contributed by atoms with Crippen LogP contribution in [0.4, 0.5) is 5.82 Å². The lowest BCUT2D eigenvalue weighted by Gasteiger charge is -2.37. The van der Waals surface area contributed by atoms with Crippen LogP contribution in [0.15, 0.2) is 45.7 Å². The van der Waals surface area contributed by atoms with Crippen LogP contribution in [-0.2, 0) is 4.79 Å². The Morgan fingerprint density at radius 2 is 2.04 bits per heavy atom. The SMILES string of the molecule is CCCN(CCC)C(=O)C1=C(C)Nc2ccnn2C1C1CC=CC(Cl)=C1Cl. The van der Waals surface area contributed by atoms with Crippen LogP contribution in [0.25, 0.3) is 0 Å². The van der Waals surface area contributed by atoms with Crippen molar-refractivity contribution < 1.29 is 4.79 Å². The summed E-state index contributed by atoms with van der Waals surface area (Å²) < 4.78 is 1.87. The molecular formula is C20H26Cl2N4O. The maximum Gasteiger partial charge on any atom is 0.253 e. The molecule has 1 aromatic rings. The molecule has 3 rings (SSSR count). The second-order valence-electron chi connectivity index (χ2n) is 7.00. The average molecular weight is 409 g/mol. The molecule has 5 nitrogen and oxygen atoms in total. The van der Waals surface area contributed by atoms with E-state index in [9.17, 15) is 4.79 Å². The van der Waals surface area contributed by atoms with E-state index >= 15 is 0 Å². The van der Waals surface area contributed by atoms with Gasteiger partial charge in [-0.1, -0.05) is 43.1 Å². The van der Waals surface area contributed by atoms with E-state index in [4.69, 9.17) is 23.2 Å². The first-order valence-electron chi connectivity index (χ1n) is 9.51. The first-order valence-corrected chi connectivity index (χ1v) is 10.3. The molecule has 1 N–H and O–H groups in total. The summed E-state index contributed by atoms with van der Waals surface area (Å²) in [5.41, 5.74) is 1.57. The number of halogens is 2. The van der Waals surface area contributed by atoms with Crippen molar-refractivity contribution in [1.82, 2.24) is 14.7 Å². The van der Waals surface area contributed by atoms with E-state index in [1.807, 2.05) is 34.7 Å². The minimum atomic E-state index is -0.286. The normalized spacial score (nSPS) is 22.0. The maximum absolute atomic E-state index is 13.5. The van der Waals surface area contributed by atoms with Gasteiger partial charge in [-0.25, -0.2) is 4.68 Å². The third kappa shape index (κ3) is 3.81. The number of carbonyl (C=O) groups is 1. The number of nitrogens with one attached hydrogen (secondary N) is 1. The number of allylic oxidation sites excluding steroid dienone is 5. The number of aromatic nitrogens is 2. The summed E-state index contributed by atoms with van der Waals surface area (Å²) >= 11 is 12.9. The van der Waals surface area contributed by atoms with Gasteiger partial charge in [-0.2, -0.15) is 5.10 Å². The lowest BCUT2D eigenvalue weighted by Crippen LogP contribution is -2.41. The Morgan fingerprint density at radius 1 is 1.33 bits per heavy atom. The number of amides is 1. The molecule has 1 aromatic heterocycles. The van der Waals surface area contributed by atoms with Gasteiger partial charge in [0.15, 0.2) is 0 Å². The number of anilines is 1. The van der Waals surface area contributed by atoms with Crippen molar-refractivity contribution >= 4 is 34.9 Å². The fourth-order valence-corrected chi connectivity index (χ4v) is 4.37. The van der Waals surface area contributed by atoms with Crippen molar-refractivity contribution in [2.45, 2.75) is 46.1 Å². The third-order valence-electron chi connectivity index (χ3n) is 5.04. The lowest BCUT2D eigenvalue weighted by atomic mass is 9.85. The Morgan fingerprint density at radius 3 is 2.70 bits per heavy atom. The standard InChI is InChI=1S/C20H26Cl2N4O/c1-4-11-25(12-5-2)20(27)17-13(3)24-16-9-10-23-26(16)19(17)14-7-6-8-15(21)18(14)22/h6,8-10,14,19,24H,4-5,7,11-12H2,1-3H3. The highest BCUT2D eigenvalue weighted by molar-refractivity contribution is 6.40. The number of rotatable bonds is 6. The molecule has 0 radical (unpaired) electrons. The number of carbonyl (C=O) groups excluding carboxylic acids is 1. The molecule has 1 aliphatic heterocycles. The molecule has 2 heterocycles. The zero-order valence-corrected chi connectivity index (χ0v) is 17.5. The van der Waals surface area contributed by atoms with Gasteiger partial charge in [-0.05, 0) is 32.3 Å². The molecule has 2 aliphatic rings. The van der Waals surface area contributed by atoms with Crippen LogP contribution in [-0.4, -0.2) is 33.7 Å². The van der Waals surface area contributed by atoms with E-state index in [1.54, 1.807) is 6.20 Å². The third-order valence-corrected chi connectivity index (χ3v) is 5.95. The zero-order valence-electron chi connectivity index (χ0n) is 16.0. The van der Waals surface area contributed by atoms with E-state index in [-0.39, 0.29) is 17.9 Å². The predicted octanol–water partition coefficient (Wildman–Crippen LogP) is 5.04. The molecule has 0 spiro atoms. The molecule has 2 atom stereocenters. The van der Waals surface area contributed by atoms with Crippen LogP contribution < -0.4 is 5.32 Å². The van der Waals surface area contributed by atoms with Crippen molar-refractivity contribution in [2.24, 2.45) is 5.92 Å². The minimum absolute atomic E-state index is 0.0463. The highest BCUT2D eigenvalue weighted by Gasteiger charge is 2.40. The van der Waals surface area contributed by atoms with Crippen LogP contribution in [0.3, 0.4) is 0 Å². The van der Waals surface area contributed by atoms with Crippen molar-refractivity contribution in [2.75, 3.05) is 18.4 Å². The maximum atomic E-state index is 13.5. The van der Waals surface area contributed by atoms with Gasteiger partial charge in [0.2, 0.25) is 0 Å². The smallest absolute Gasteiger partial charge is 0.253 e. The first-order chi connectivity index (χ1) is 13.0. The second kappa shape index (κ2) is 8.53. The molecule has 0 fully saturated rings. The fraction of sp³-hybridized carbons (Fsp3) is 0.500. The first kappa shape index (κ1) is 20.0. The van der Waals surface area contributed by atoms with E-state index in [0.29, 0.717) is 16.5 Å². The van der Waals surface area contributed by atoms with Crippen LogP contribution in [0, 0.1) is 5.92 Å². The largest absolute Gasteiger partial charge is 0.344 e. The Hall–Kier alpha value is -1.72. The van der Waals surface area contributed by atoms with Crippen molar-refractivity contribution in [3.05, 3.63) is 45.7 Å². The quantitative estimate of drug-likeness (QED) is 0.716. The van der Waals surface area contributed by atoms with E-state index in [0.717, 1.165) is 43.0 Å². The van der Waals surface area contributed by atoms with Gasteiger partial charge in [-0.3, -0.25) is 4.79 Å². The molecular weight excluding hydrogens is 383 g/mol. The van der Waals surface area contributed by atoms with Crippen molar-refractivity contribution in [1.29, 1.82) is 0 Å². The van der Waals surface area contributed by atoms with Crippen molar-refractivity contribution in [3.8, 4) is 0 Å². The van der Waals surface area contributed by atoms with E-state index in [1.165, 1.54) is 0 Å². The zero-order chi connectivity index (χ0) is 19.6. The Kier molecular flexibility index (Phi) is 6.33. The summed E-state index contributed by atoms with van der Waals surface area (Å²) in [4.78, 5) is 15.5. The number of nitrogens with zero attached hydrogens (tertiary/aromatic N) is 3. The van der Waals surface area contributed by atoms with Crippen LogP contribution >= 0.6 is 23.2 Å². The summed E-state index contributed by atoms with van der Waals surface area (Å²) in [5.74, 6) is 0.788. The van der Waals surface area contributed by atoms with E-state index in [2.05, 4.69) is 24.3 Å². The number of hydrogen-bond acceptors (Lipinski definition) is 3. The summed E-state index contributed by atoms with van der Waals surface area (Å²) in [5, 5.41) is 8.94. The summed E-state index contributed by atoms with van der Waals surface area (Å²) in [7, 11) is 0. The average Bonchev–Trinajstić information content (AvgIpc) is 3.10. The molecule has 0 aromatic carbocycles. The summed E-state index contributed by atoms with van der Waals surface area (Å²) in [6.07, 6.45) is 8.12. The van der Waals surface area contributed by atoms with Gasteiger partial charge in [0.05, 0.1) is 22.8 Å². The Bertz CT molecular complexity index is 803. The van der Waals surface area contributed by atoms with Crippen LogP contribution in [0.1, 0.15) is 46.1 Å². The van der Waals surface area contributed by atoms with Gasteiger partial charge in [-0.15, -0.1) is 0 Å². The second-order valence-corrected chi connectivity index (χ2v) is 7.82. The van der Waals surface area contributed by atoms with Gasteiger partial charge >= 0.3 is 0 Å². The topological polar surface area (TPSA) is 50.2 Å². The van der Waals surface area contributed by atoms with Gasteiger partial charge < -0.3 is 10.2 Å². The number of fused-ring (bicyclic) bond motifs is 1.